The number of nitrogens with zero attached hydrogens (tertiary/aromatic N) is 4. The van der Waals surface area contributed by atoms with Crippen LogP contribution in [0.25, 0.3) is 11.1 Å². The van der Waals surface area contributed by atoms with Gasteiger partial charge in [-0.15, -0.1) is 0 Å². The molecule has 0 spiro atoms. The number of hydrogen-bond donors (Lipinski definition) is 2. The lowest BCUT2D eigenvalue weighted by Crippen LogP contribution is -2.43. The fourth-order valence-electron chi connectivity index (χ4n) is 2.08. The largest absolute Gasteiger partial charge is 0.859 e. The van der Waals surface area contributed by atoms with E-state index in [2.05, 4.69) is 11.5 Å². The summed E-state index contributed by atoms with van der Waals surface area (Å²) in [6, 6.07) is 0. The van der Waals surface area contributed by atoms with Gasteiger partial charge >= 0.3 is 11.4 Å². The van der Waals surface area contributed by atoms with Crippen LogP contribution in [0.15, 0.2) is 19.2 Å². The van der Waals surface area contributed by atoms with Crippen molar-refractivity contribution in [2.45, 2.75) is 0 Å². The van der Waals surface area contributed by atoms with E-state index in [4.69, 9.17) is 0 Å². The molecule has 0 aliphatic rings. The molecule has 2 heterocycles. The number of hydrogen-bond acceptors (Lipinski definition) is 6. The minimum atomic E-state index is -1.07. The lowest BCUT2D eigenvalue weighted by Gasteiger charge is -2.23. The molecule has 0 aliphatic carbocycles. The van der Waals surface area contributed by atoms with E-state index < -0.39 is 45.4 Å². The molecular formula is C14H24N6O6. The molecule has 12 nitrogen and oxygen atoms in total. The fourth-order valence-corrected chi connectivity index (χ4v) is 2.08. The third kappa shape index (κ3) is 3.45. The topological polar surface area (TPSA) is 189 Å². The summed E-state index contributed by atoms with van der Waals surface area (Å²) in [6.07, 6.45) is 0. The zero-order valence-corrected chi connectivity index (χ0v) is 15.7. The van der Waals surface area contributed by atoms with Crippen LogP contribution in [0.1, 0.15) is 0 Å². The quantitative estimate of drug-likeness (QED) is 0.500. The summed E-state index contributed by atoms with van der Waals surface area (Å²) < 4.78 is 2.45. The van der Waals surface area contributed by atoms with Crippen LogP contribution in [0.3, 0.4) is 0 Å². The van der Waals surface area contributed by atoms with Gasteiger partial charge in [0.25, 0.3) is 11.1 Å². The molecular weight excluding hydrogens is 348 g/mol. The van der Waals surface area contributed by atoms with E-state index in [0.717, 1.165) is 28.2 Å². The van der Waals surface area contributed by atoms with Crippen molar-refractivity contribution in [3.8, 4) is 22.9 Å². The van der Waals surface area contributed by atoms with Crippen LogP contribution in [-0.2, 0) is 28.2 Å². The zero-order valence-electron chi connectivity index (χ0n) is 15.7. The minimum absolute atomic E-state index is 0.612. The molecule has 2 aromatic heterocycles. The molecule has 0 amide bonds. The second-order valence-electron chi connectivity index (χ2n) is 4.77. The van der Waals surface area contributed by atoms with Crippen molar-refractivity contribution in [3.63, 3.8) is 0 Å². The van der Waals surface area contributed by atoms with Crippen LogP contribution in [0.2, 0.25) is 0 Å². The van der Waals surface area contributed by atoms with Gasteiger partial charge in [-0.3, -0.25) is 18.7 Å². The second-order valence-corrected chi connectivity index (χ2v) is 4.77. The van der Waals surface area contributed by atoms with Crippen LogP contribution in [0.5, 0.6) is 11.8 Å². The Morgan fingerprint density at radius 2 is 0.808 bits per heavy atom. The van der Waals surface area contributed by atoms with Gasteiger partial charge in [-0.25, -0.2) is 9.59 Å². The van der Waals surface area contributed by atoms with Crippen molar-refractivity contribution in [2.75, 3.05) is 14.1 Å². The first-order chi connectivity index (χ1) is 12.1. The van der Waals surface area contributed by atoms with Gasteiger partial charge in [0.15, 0.2) is 0 Å². The smallest absolute Gasteiger partial charge is 0.329 e. The summed E-state index contributed by atoms with van der Waals surface area (Å²) in [6.45, 7) is 0. The Morgan fingerprint density at radius 1 is 0.577 bits per heavy atom. The SMILES string of the molecule is C[NH3+].C[NH3+].Cn1c([O-])c(-c2c([O-])n(C)c(=O)n(C)c2=O)c(=O)n(C)c1=O. The summed E-state index contributed by atoms with van der Waals surface area (Å²) in [5.74, 6) is -2.14. The van der Waals surface area contributed by atoms with Gasteiger partial charge in [-0.2, -0.15) is 0 Å². The summed E-state index contributed by atoms with van der Waals surface area (Å²) in [5, 5.41) is 24.3. The number of aromatic nitrogens is 4. The van der Waals surface area contributed by atoms with Crippen molar-refractivity contribution in [3.05, 3.63) is 41.7 Å². The highest BCUT2D eigenvalue weighted by Crippen LogP contribution is 2.23. The van der Waals surface area contributed by atoms with Crippen molar-refractivity contribution >= 4 is 0 Å². The molecule has 0 saturated carbocycles. The van der Waals surface area contributed by atoms with E-state index in [1.807, 2.05) is 0 Å². The normalized spacial score (nSPS) is 9.69. The molecule has 2 rings (SSSR count). The molecule has 0 bridgehead atoms. The highest BCUT2D eigenvalue weighted by Gasteiger charge is 2.18. The molecule has 0 aromatic carbocycles. The van der Waals surface area contributed by atoms with E-state index in [9.17, 15) is 29.4 Å². The van der Waals surface area contributed by atoms with Gasteiger partial charge in [0.05, 0.1) is 25.2 Å². The van der Waals surface area contributed by atoms with Crippen LogP contribution >= 0.6 is 0 Å². The molecule has 0 aliphatic heterocycles. The molecule has 26 heavy (non-hydrogen) atoms. The molecule has 0 unspecified atom stereocenters. The molecule has 0 fully saturated rings. The Bertz CT molecular complexity index is 943. The first kappa shape index (κ1) is 22.9. The van der Waals surface area contributed by atoms with Gasteiger partial charge in [0, 0.05) is 28.2 Å². The third-order valence-electron chi connectivity index (χ3n) is 3.47. The highest BCUT2D eigenvalue weighted by atomic mass is 16.3. The highest BCUT2D eigenvalue weighted by molar-refractivity contribution is 5.70. The van der Waals surface area contributed by atoms with Crippen molar-refractivity contribution in [1.29, 1.82) is 0 Å². The van der Waals surface area contributed by atoms with Gasteiger partial charge < -0.3 is 30.8 Å². The predicted molar refractivity (Wildman–Crippen MR) is 89.4 cm³/mol. The molecule has 146 valence electrons. The molecule has 6 N–H and O–H groups in total. The number of rotatable bonds is 1. The third-order valence-corrected chi connectivity index (χ3v) is 3.47. The molecule has 2 aromatic rings. The Morgan fingerprint density at radius 3 is 1.04 bits per heavy atom. The maximum Gasteiger partial charge on any atom is 0.329 e. The second kappa shape index (κ2) is 8.82. The van der Waals surface area contributed by atoms with Gasteiger partial charge in [0.1, 0.15) is 0 Å². The van der Waals surface area contributed by atoms with Gasteiger partial charge in [0.2, 0.25) is 0 Å². The van der Waals surface area contributed by atoms with Gasteiger partial charge in [-0.1, -0.05) is 0 Å². The summed E-state index contributed by atoms with van der Waals surface area (Å²) in [4.78, 5) is 47.6. The van der Waals surface area contributed by atoms with Crippen LogP contribution in [0.4, 0.5) is 0 Å². The van der Waals surface area contributed by atoms with Crippen molar-refractivity contribution < 1.29 is 21.7 Å². The minimum Gasteiger partial charge on any atom is -0.859 e. The monoisotopic (exact) mass is 372 g/mol. The Labute approximate surface area is 147 Å². The fraction of sp³-hybridized carbons (Fsp3) is 0.429. The van der Waals surface area contributed by atoms with E-state index in [1.165, 1.54) is 0 Å². The lowest BCUT2D eigenvalue weighted by molar-refractivity contribution is -0.325. The maximum absolute atomic E-state index is 12.2. The maximum atomic E-state index is 12.2. The van der Waals surface area contributed by atoms with Crippen molar-refractivity contribution in [2.24, 2.45) is 28.2 Å². The van der Waals surface area contributed by atoms with E-state index in [-0.39, 0.29) is 0 Å². The Balaban J connectivity index is 0.00000146. The lowest BCUT2D eigenvalue weighted by atomic mass is 10.1. The van der Waals surface area contributed by atoms with E-state index in [0.29, 0.717) is 18.3 Å². The first-order valence-corrected chi connectivity index (χ1v) is 7.47. The first-order valence-electron chi connectivity index (χ1n) is 7.47. The molecule has 12 heteroatoms. The standard InChI is InChI=1S/C12H14N4O6.2CH5N/c1-13-7(17)5(8(18)14(2)11(13)21)6-9(19)15(3)12(22)16(4)10(6)20;2*1-2/h17,19H,1-4H3;2*2H2,1H3. The van der Waals surface area contributed by atoms with Crippen LogP contribution in [0, 0.1) is 0 Å². The molecule has 0 atom stereocenters. The van der Waals surface area contributed by atoms with Crippen LogP contribution in [-0.4, -0.2) is 32.4 Å². The van der Waals surface area contributed by atoms with Crippen molar-refractivity contribution in [1.82, 2.24) is 18.3 Å². The predicted octanol–water partition coefficient (Wildman–Crippen LogP) is -5.99. The average molecular weight is 372 g/mol. The summed E-state index contributed by atoms with van der Waals surface area (Å²) in [7, 11) is 7.96. The number of quaternary nitrogens is 2. The van der Waals surface area contributed by atoms with E-state index >= 15 is 0 Å². The Hall–Kier alpha value is -3.12. The molecule has 0 saturated heterocycles. The van der Waals surface area contributed by atoms with Crippen LogP contribution < -0.4 is 44.2 Å². The zero-order chi connectivity index (χ0) is 20.9. The molecule has 0 radical (unpaired) electrons. The van der Waals surface area contributed by atoms with Gasteiger partial charge in [-0.05, 0) is 11.8 Å². The Kier molecular flexibility index (Phi) is 7.76. The average Bonchev–Trinajstić information content (AvgIpc) is 2.67. The van der Waals surface area contributed by atoms with E-state index in [1.54, 1.807) is 14.1 Å². The summed E-state index contributed by atoms with van der Waals surface area (Å²) >= 11 is 0. The summed E-state index contributed by atoms with van der Waals surface area (Å²) in [5.41, 5.74) is 1.14.